The fourth-order valence-corrected chi connectivity index (χ4v) is 5.41. The molecule has 0 saturated heterocycles. The zero-order valence-electron chi connectivity index (χ0n) is 23.1. The Morgan fingerprint density at radius 2 is 1.62 bits per heavy atom. The van der Waals surface area contributed by atoms with Gasteiger partial charge in [0.2, 0.25) is 11.8 Å². The van der Waals surface area contributed by atoms with Gasteiger partial charge < -0.3 is 15.0 Å². The molecular formula is C30H37N3O5S. The van der Waals surface area contributed by atoms with Crippen LogP contribution in [0, 0.1) is 6.92 Å². The number of sulfonamides is 1. The summed E-state index contributed by atoms with van der Waals surface area (Å²) in [6, 6.07) is 21.2. The van der Waals surface area contributed by atoms with Gasteiger partial charge in [-0.25, -0.2) is 8.42 Å². The molecule has 9 heteroatoms. The van der Waals surface area contributed by atoms with E-state index >= 15 is 0 Å². The van der Waals surface area contributed by atoms with Crippen molar-refractivity contribution in [3.8, 4) is 5.75 Å². The summed E-state index contributed by atoms with van der Waals surface area (Å²) in [5, 5.41) is 2.93. The quantitative estimate of drug-likeness (QED) is 0.357. The average molecular weight is 552 g/mol. The topological polar surface area (TPSA) is 96.0 Å². The van der Waals surface area contributed by atoms with Crippen LogP contribution in [0.15, 0.2) is 83.8 Å². The lowest BCUT2D eigenvalue weighted by Gasteiger charge is -2.32. The van der Waals surface area contributed by atoms with Crippen LogP contribution in [0.1, 0.15) is 38.3 Å². The third kappa shape index (κ3) is 7.60. The number of nitrogens with one attached hydrogen (secondary N) is 1. The van der Waals surface area contributed by atoms with Crippen molar-refractivity contribution in [2.75, 3.05) is 18.0 Å². The first-order valence-electron chi connectivity index (χ1n) is 12.9. The molecule has 0 aromatic heterocycles. The molecule has 2 amide bonds. The van der Waals surface area contributed by atoms with E-state index in [-0.39, 0.29) is 23.4 Å². The largest absolute Gasteiger partial charge is 0.497 e. The van der Waals surface area contributed by atoms with Crippen molar-refractivity contribution in [2.45, 2.75) is 57.6 Å². The Morgan fingerprint density at radius 3 is 2.23 bits per heavy atom. The molecule has 0 aliphatic carbocycles. The smallest absolute Gasteiger partial charge is 0.264 e. The summed E-state index contributed by atoms with van der Waals surface area (Å²) in [6.45, 7) is 7.02. The lowest BCUT2D eigenvalue weighted by atomic mass is 10.1. The Labute approximate surface area is 231 Å². The van der Waals surface area contributed by atoms with Crippen LogP contribution in [0.3, 0.4) is 0 Å². The minimum Gasteiger partial charge on any atom is -0.497 e. The SMILES string of the molecule is CC[C@H](C)NC(=O)[C@@H](C)N(Cc1cccc(OC)c1)C(=O)CN(c1ccc(C)cc1)S(=O)(=O)c1ccccc1. The van der Waals surface area contributed by atoms with Gasteiger partial charge in [0.05, 0.1) is 17.7 Å². The lowest BCUT2D eigenvalue weighted by Crippen LogP contribution is -2.52. The summed E-state index contributed by atoms with van der Waals surface area (Å²) in [6.07, 6.45) is 0.735. The van der Waals surface area contributed by atoms with Crippen molar-refractivity contribution in [3.63, 3.8) is 0 Å². The van der Waals surface area contributed by atoms with Gasteiger partial charge in [-0.2, -0.15) is 0 Å². The number of aryl methyl sites for hydroxylation is 1. The van der Waals surface area contributed by atoms with Crippen LogP contribution in [-0.4, -0.2) is 50.9 Å². The molecule has 2 atom stereocenters. The van der Waals surface area contributed by atoms with Crippen molar-refractivity contribution in [1.82, 2.24) is 10.2 Å². The Morgan fingerprint density at radius 1 is 0.949 bits per heavy atom. The van der Waals surface area contributed by atoms with Crippen LogP contribution in [0.25, 0.3) is 0 Å². The number of carbonyl (C=O) groups is 2. The maximum atomic E-state index is 13.9. The average Bonchev–Trinajstić information content (AvgIpc) is 2.95. The zero-order chi connectivity index (χ0) is 28.6. The Balaban J connectivity index is 2.01. The molecule has 0 saturated carbocycles. The van der Waals surface area contributed by atoms with Crippen molar-refractivity contribution in [2.24, 2.45) is 0 Å². The van der Waals surface area contributed by atoms with Gasteiger partial charge >= 0.3 is 0 Å². The first-order valence-corrected chi connectivity index (χ1v) is 14.4. The zero-order valence-corrected chi connectivity index (χ0v) is 23.9. The number of methoxy groups -OCH3 is 1. The van der Waals surface area contributed by atoms with E-state index in [1.807, 2.05) is 26.8 Å². The number of benzene rings is 3. The van der Waals surface area contributed by atoms with Crippen LogP contribution in [0.5, 0.6) is 5.75 Å². The normalized spacial score (nSPS) is 12.7. The van der Waals surface area contributed by atoms with E-state index in [1.54, 1.807) is 74.7 Å². The molecule has 3 aromatic carbocycles. The second kappa shape index (κ2) is 13.3. The molecule has 208 valence electrons. The Bertz CT molecular complexity index is 1360. The lowest BCUT2D eigenvalue weighted by molar-refractivity contribution is -0.139. The molecule has 8 nitrogen and oxygen atoms in total. The van der Waals surface area contributed by atoms with E-state index in [0.29, 0.717) is 11.4 Å². The minimum absolute atomic E-state index is 0.0697. The molecule has 39 heavy (non-hydrogen) atoms. The highest BCUT2D eigenvalue weighted by Gasteiger charge is 2.32. The number of carbonyl (C=O) groups excluding carboxylic acids is 2. The molecule has 0 aliphatic heterocycles. The minimum atomic E-state index is -4.08. The summed E-state index contributed by atoms with van der Waals surface area (Å²) < 4.78 is 34.0. The second-order valence-electron chi connectivity index (χ2n) is 9.53. The highest BCUT2D eigenvalue weighted by Crippen LogP contribution is 2.25. The standard InChI is InChI=1S/C30H37N3O5S/c1-6-23(3)31-30(35)24(4)32(20-25-11-10-12-27(19-25)38-5)29(34)21-33(26-17-15-22(2)16-18-26)39(36,37)28-13-8-7-9-14-28/h7-19,23-24H,6,20-21H2,1-5H3,(H,31,35)/t23-,24+/m0/s1. The third-order valence-corrected chi connectivity index (χ3v) is 8.38. The summed E-state index contributed by atoms with van der Waals surface area (Å²) >= 11 is 0. The second-order valence-corrected chi connectivity index (χ2v) is 11.4. The van der Waals surface area contributed by atoms with Gasteiger partial charge in [-0.05, 0) is 69.2 Å². The van der Waals surface area contributed by atoms with E-state index in [1.165, 1.54) is 17.0 Å². The molecule has 1 N–H and O–H groups in total. The van der Waals surface area contributed by atoms with Crippen LogP contribution in [-0.2, 0) is 26.2 Å². The fourth-order valence-electron chi connectivity index (χ4n) is 3.98. The van der Waals surface area contributed by atoms with Crippen LogP contribution in [0.4, 0.5) is 5.69 Å². The van der Waals surface area contributed by atoms with Gasteiger partial charge in [-0.1, -0.05) is 55.0 Å². The van der Waals surface area contributed by atoms with E-state index in [2.05, 4.69) is 5.32 Å². The number of rotatable bonds is 12. The maximum absolute atomic E-state index is 13.9. The predicted octanol–water partition coefficient (Wildman–Crippen LogP) is 4.53. The predicted molar refractivity (Wildman–Crippen MR) is 153 cm³/mol. The fraction of sp³-hybridized carbons (Fsp3) is 0.333. The number of anilines is 1. The monoisotopic (exact) mass is 551 g/mol. The first-order chi connectivity index (χ1) is 18.6. The van der Waals surface area contributed by atoms with E-state index in [4.69, 9.17) is 4.74 Å². The number of amides is 2. The number of nitrogens with zero attached hydrogens (tertiary/aromatic N) is 2. The molecule has 0 heterocycles. The molecule has 0 radical (unpaired) electrons. The number of hydrogen-bond donors (Lipinski definition) is 1. The molecule has 0 unspecified atom stereocenters. The van der Waals surface area contributed by atoms with E-state index < -0.39 is 28.5 Å². The Hall–Kier alpha value is -3.85. The third-order valence-electron chi connectivity index (χ3n) is 6.59. The van der Waals surface area contributed by atoms with Crippen molar-refractivity contribution < 1.29 is 22.7 Å². The van der Waals surface area contributed by atoms with E-state index in [9.17, 15) is 18.0 Å². The van der Waals surface area contributed by atoms with Gasteiger partial charge in [-0.3, -0.25) is 13.9 Å². The maximum Gasteiger partial charge on any atom is 0.264 e. The van der Waals surface area contributed by atoms with Gasteiger partial charge in [0.15, 0.2) is 0 Å². The Kier molecular flexibility index (Phi) is 10.1. The summed E-state index contributed by atoms with van der Waals surface area (Å²) in [7, 11) is -2.53. The molecule has 0 spiro atoms. The van der Waals surface area contributed by atoms with Gasteiger partial charge in [0.1, 0.15) is 18.3 Å². The molecule has 0 fully saturated rings. The number of ether oxygens (including phenoxy) is 1. The molecular weight excluding hydrogens is 514 g/mol. The molecule has 0 aliphatic rings. The highest BCUT2D eigenvalue weighted by molar-refractivity contribution is 7.92. The highest BCUT2D eigenvalue weighted by atomic mass is 32.2. The van der Waals surface area contributed by atoms with Crippen LogP contribution >= 0.6 is 0 Å². The molecule has 3 rings (SSSR count). The van der Waals surface area contributed by atoms with Crippen LogP contribution < -0.4 is 14.4 Å². The first kappa shape index (κ1) is 29.7. The van der Waals surface area contributed by atoms with Gasteiger partial charge in [0, 0.05) is 12.6 Å². The van der Waals surface area contributed by atoms with Crippen LogP contribution in [0.2, 0.25) is 0 Å². The van der Waals surface area contributed by atoms with Gasteiger partial charge in [-0.15, -0.1) is 0 Å². The van der Waals surface area contributed by atoms with Gasteiger partial charge in [0.25, 0.3) is 10.0 Å². The summed E-state index contributed by atoms with van der Waals surface area (Å²) in [4.78, 5) is 28.5. The van der Waals surface area contributed by atoms with Crippen molar-refractivity contribution in [1.29, 1.82) is 0 Å². The van der Waals surface area contributed by atoms with Crippen molar-refractivity contribution in [3.05, 3.63) is 90.0 Å². The number of hydrogen-bond acceptors (Lipinski definition) is 5. The van der Waals surface area contributed by atoms with E-state index in [0.717, 1.165) is 21.9 Å². The summed E-state index contributed by atoms with van der Waals surface area (Å²) in [5.41, 5.74) is 2.06. The van der Waals surface area contributed by atoms with Crippen molar-refractivity contribution >= 4 is 27.5 Å². The molecule has 0 bridgehead atoms. The molecule has 3 aromatic rings. The summed E-state index contributed by atoms with van der Waals surface area (Å²) in [5.74, 6) is -0.206.